The van der Waals surface area contributed by atoms with Crippen LogP contribution in [0.1, 0.15) is 6.85 Å². The third-order valence-electron chi connectivity index (χ3n) is 10.5. The van der Waals surface area contributed by atoms with Crippen LogP contribution in [0.3, 0.4) is 0 Å². The summed E-state index contributed by atoms with van der Waals surface area (Å²) in [5, 5.41) is 11.7. The van der Waals surface area contributed by atoms with Gasteiger partial charge in [-0.25, -0.2) is 0 Å². The fourth-order valence-electron chi connectivity index (χ4n) is 8.24. The predicted octanol–water partition coefficient (Wildman–Crippen LogP) is 14.3. The van der Waals surface area contributed by atoms with Crippen LogP contribution >= 0.6 is 0 Å². The topological polar surface area (TPSA) is 13.1 Å². The molecule has 0 saturated heterocycles. The number of benzene rings is 10. The molecule has 0 aliphatic rings. The fourth-order valence-corrected chi connectivity index (χ4v) is 8.24. The Morgan fingerprint density at radius 2 is 0.922 bits per heavy atom. The van der Waals surface area contributed by atoms with E-state index in [-0.39, 0.29) is 29.7 Å². The largest absolute Gasteiger partial charge is 0.455 e. The number of furan rings is 1. The molecule has 0 bridgehead atoms. The first-order valence-electron chi connectivity index (χ1n) is 19.7. The maximum atomic E-state index is 8.74. The summed E-state index contributed by atoms with van der Waals surface area (Å²) < 4.78 is 49.4. The molecule has 51 heavy (non-hydrogen) atoms. The van der Waals surface area contributed by atoms with E-state index in [9.17, 15) is 0 Å². The van der Waals surface area contributed by atoms with Gasteiger partial charge in [-0.15, -0.1) is 0 Å². The highest BCUT2D eigenvalue weighted by molar-refractivity contribution is 6.27. The van der Waals surface area contributed by atoms with E-state index < -0.39 is 6.04 Å². The molecule has 0 aliphatic heterocycles. The summed E-state index contributed by atoms with van der Waals surface area (Å²) in [6.07, 6.45) is 0. The van der Waals surface area contributed by atoms with E-state index in [4.69, 9.17) is 11.3 Å². The molecule has 1 nitrogen and oxygen atoms in total. The Labute approximate surface area is 302 Å². The summed E-state index contributed by atoms with van der Waals surface area (Å²) in [5.74, 6) is 0.834. The zero-order chi connectivity index (χ0) is 37.8. The average molecular weight is 652 g/mol. The van der Waals surface area contributed by atoms with Crippen molar-refractivity contribution >= 4 is 64.8 Å². The molecule has 1 aromatic heterocycles. The second kappa shape index (κ2) is 10.9. The quantitative estimate of drug-likeness (QED) is 0.173. The number of hydrogen-bond acceptors (Lipinski definition) is 1. The van der Waals surface area contributed by atoms with Crippen molar-refractivity contribution in [1.29, 1.82) is 0 Å². The van der Waals surface area contributed by atoms with E-state index in [0.29, 0.717) is 5.56 Å². The number of hydrogen-bond donors (Lipinski definition) is 0. The predicted molar refractivity (Wildman–Crippen MR) is 217 cm³/mol. The minimum Gasteiger partial charge on any atom is -0.455 e. The maximum Gasteiger partial charge on any atom is 0.143 e. The highest BCUT2D eigenvalue weighted by Gasteiger charge is 2.22. The third-order valence-corrected chi connectivity index (χ3v) is 10.5. The van der Waals surface area contributed by atoms with E-state index >= 15 is 0 Å². The zero-order valence-corrected chi connectivity index (χ0v) is 27.3. The lowest BCUT2D eigenvalue weighted by Gasteiger charge is -2.16. The normalized spacial score (nSPS) is 13.3. The Morgan fingerprint density at radius 1 is 0.373 bits per heavy atom. The molecule has 11 rings (SSSR count). The van der Waals surface area contributed by atoms with E-state index in [2.05, 4.69) is 133 Å². The highest BCUT2D eigenvalue weighted by Crippen LogP contribution is 2.47. The lowest BCUT2D eigenvalue weighted by molar-refractivity contribution is 0.633. The molecule has 0 amide bonds. The van der Waals surface area contributed by atoms with Crippen molar-refractivity contribution in [3.8, 4) is 44.7 Å². The lowest BCUT2D eigenvalue weighted by atomic mass is 9.87. The van der Waals surface area contributed by atoms with Crippen LogP contribution in [0.15, 0.2) is 186 Å². The van der Waals surface area contributed by atoms with Gasteiger partial charge in [0.25, 0.3) is 0 Å². The molecule has 0 N–H and O–H groups in total. The molecular weight excluding hydrogens is 617 g/mol. The summed E-state index contributed by atoms with van der Waals surface area (Å²) in [7, 11) is 0. The summed E-state index contributed by atoms with van der Waals surface area (Å²) in [5.41, 5.74) is 6.92. The van der Waals surface area contributed by atoms with E-state index in [1.165, 1.54) is 5.39 Å². The number of rotatable bonds is 4. The smallest absolute Gasteiger partial charge is 0.143 e. The van der Waals surface area contributed by atoms with Gasteiger partial charge in [0.1, 0.15) is 11.3 Å². The molecule has 0 aliphatic carbocycles. The van der Waals surface area contributed by atoms with Gasteiger partial charge in [0.05, 0.1) is 6.85 Å². The van der Waals surface area contributed by atoms with Crippen molar-refractivity contribution in [2.45, 2.75) is 0 Å². The first-order valence-corrected chi connectivity index (χ1v) is 17.2. The van der Waals surface area contributed by atoms with Crippen molar-refractivity contribution < 1.29 is 11.3 Å². The van der Waals surface area contributed by atoms with Crippen molar-refractivity contribution in [3.05, 3.63) is 182 Å². The van der Waals surface area contributed by atoms with Gasteiger partial charge in [0.2, 0.25) is 0 Å². The highest BCUT2D eigenvalue weighted by atomic mass is 16.3. The molecule has 0 spiro atoms. The van der Waals surface area contributed by atoms with Crippen LogP contribution in [0.2, 0.25) is 0 Å². The summed E-state index contributed by atoms with van der Waals surface area (Å²) in [4.78, 5) is 0. The van der Waals surface area contributed by atoms with Crippen LogP contribution < -0.4 is 0 Å². The van der Waals surface area contributed by atoms with Crippen LogP contribution in [-0.2, 0) is 0 Å². The Kier molecular flexibility index (Phi) is 5.05. The van der Waals surface area contributed by atoms with Gasteiger partial charge in [-0.3, -0.25) is 0 Å². The van der Waals surface area contributed by atoms with E-state index in [0.717, 1.165) is 93.0 Å². The van der Waals surface area contributed by atoms with Crippen LogP contribution in [0.25, 0.3) is 110 Å². The molecule has 236 valence electrons. The summed E-state index contributed by atoms with van der Waals surface area (Å²) >= 11 is 0. The number of fused-ring (bicyclic) bond motifs is 3. The molecule has 1 heteroatoms. The fraction of sp³-hybridized carbons (Fsp3) is 0. The van der Waals surface area contributed by atoms with Crippen LogP contribution in [0, 0.1) is 0 Å². The van der Waals surface area contributed by atoms with E-state index in [1.54, 1.807) is 0 Å². The molecule has 0 fully saturated rings. The standard InChI is InChI=1S/C50H30O/c1-2-10-31(11-3-1)39-25-20-34-23-28-43-40(26-21-35-22-27-42(39)47(34)48(35)43)36-24-29-45-46(30-36)51-50(44-19-9-15-33-13-5-7-17-38(33)44)49(45)41-18-8-14-32-12-4-6-16-37(32)41/h1-30H/i1D,2D,3D,10D,11D. The zero-order valence-electron chi connectivity index (χ0n) is 32.3. The molecule has 0 saturated carbocycles. The lowest BCUT2D eigenvalue weighted by Crippen LogP contribution is -1.89. The van der Waals surface area contributed by atoms with Crippen LogP contribution in [0.4, 0.5) is 0 Å². The molecule has 10 aromatic carbocycles. The summed E-state index contributed by atoms with van der Waals surface area (Å²) in [6.45, 7) is 0. The monoisotopic (exact) mass is 651 g/mol. The molecule has 0 atom stereocenters. The molecular formula is C50H30O. The third kappa shape index (κ3) is 4.22. The minimum absolute atomic E-state index is 0.204. The van der Waals surface area contributed by atoms with Crippen molar-refractivity contribution in [3.63, 3.8) is 0 Å². The van der Waals surface area contributed by atoms with Gasteiger partial charge in [0, 0.05) is 16.5 Å². The average Bonchev–Trinajstić information content (AvgIpc) is 3.62. The Balaban J connectivity index is 1.16. The minimum atomic E-state index is -0.395. The van der Waals surface area contributed by atoms with Crippen LogP contribution in [0.5, 0.6) is 0 Å². The molecule has 0 unspecified atom stereocenters. The van der Waals surface area contributed by atoms with Crippen LogP contribution in [-0.4, -0.2) is 0 Å². The molecule has 1 heterocycles. The second-order valence-corrected chi connectivity index (χ2v) is 13.2. The SMILES string of the molecule is [2H]c1c([2H])c([2H])c(-c2ccc3ccc4c(-c5ccc6c(-c7cccc8ccccc78)c(-c7cccc8ccccc78)oc6c5)ccc5ccc2c3c54)c([2H])c1[2H]. The van der Waals surface area contributed by atoms with Gasteiger partial charge in [-0.05, 0) is 93.8 Å². The van der Waals surface area contributed by atoms with Gasteiger partial charge in [0.15, 0.2) is 0 Å². The molecule has 11 aromatic rings. The first kappa shape index (κ1) is 23.6. The van der Waals surface area contributed by atoms with Crippen molar-refractivity contribution in [2.24, 2.45) is 0 Å². The van der Waals surface area contributed by atoms with E-state index in [1.807, 2.05) is 18.2 Å². The maximum absolute atomic E-state index is 8.74. The van der Waals surface area contributed by atoms with Crippen molar-refractivity contribution in [2.75, 3.05) is 0 Å². The van der Waals surface area contributed by atoms with Gasteiger partial charge >= 0.3 is 0 Å². The van der Waals surface area contributed by atoms with Crippen molar-refractivity contribution in [1.82, 2.24) is 0 Å². The molecule has 0 radical (unpaired) electrons. The Hall–Kier alpha value is -6.70. The first-order chi connectivity index (χ1) is 27.4. The van der Waals surface area contributed by atoms with Gasteiger partial charge in [-0.1, -0.05) is 170 Å². The summed E-state index contributed by atoms with van der Waals surface area (Å²) in [6, 6.07) is 51.3. The van der Waals surface area contributed by atoms with Gasteiger partial charge < -0.3 is 4.42 Å². The Morgan fingerprint density at radius 3 is 1.61 bits per heavy atom. The van der Waals surface area contributed by atoms with Gasteiger partial charge in [-0.2, -0.15) is 0 Å². The second-order valence-electron chi connectivity index (χ2n) is 13.2. The Bertz CT molecular complexity index is 3390.